The van der Waals surface area contributed by atoms with Crippen molar-refractivity contribution in [3.8, 4) is 0 Å². The zero-order valence-electron chi connectivity index (χ0n) is 17.9. The maximum atomic E-state index is 13.1. The fourth-order valence-corrected chi connectivity index (χ4v) is 4.20. The number of carbonyl (C=O) groups is 2. The first-order valence-corrected chi connectivity index (χ1v) is 10.9. The summed E-state index contributed by atoms with van der Waals surface area (Å²) >= 11 is 0. The van der Waals surface area contributed by atoms with Crippen LogP contribution < -0.4 is 20.4 Å². The van der Waals surface area contributed by atoms with E-state index in [2.05, 4.69) is 51.4 Å². The monoisotopic (exact) mass is 419 g/mol. The number of anilines is 3. The van der Waals surface area contributed by atoms with Crippen LogP contribution in [0.1, 0.15) is 43.4 Å². The maximum absolute atomic E-state index is 13.1. The zero-order chi connectivity index (χ0) is 21.8. The van der Waals surface area contributed by atoms with Crippen molar-refractivity contribution in [2.24, 2.45) is 0 Å². The minimum Gasteiger partial charge on any atom is -0.372 e. The molecule has 7 nitrogen and oxygen atoms in total. The van der Waals surface area contributed by atoms with Crippen molar-refractivity contribution in [3.05, 3.63) is 60.3 Å². The van der Waals surface area contributed by atoms with Gasteiger partial charge in [0.15, 0.2) is 5.82 Å². The Bertz CT molecular complexity index is 966. The Kier molecular flexibility index (Phi) is 6.21. The smallest absolute Gasteiger partial charge is 0.324 e. The van der Waals surface area contributed by atoms with Crippen LogP contribution in [-0.4, -0.2) is 36.6 Å². The van der Waals surface area contributed by atoms with E-state index >= 15 is 0 Å². The van der Waals surface area contributed by atoms with Crippen LogP contribution in [0.25, 0.3) is 0 Å². The van der Waals surface area contributed by atoms with E-state index < -0.39 is 0 Å². The first-order valence-electron chi connectivity index (χ1n) is 10.9. The van der Waals surface area contributed by atoms with Gasteiger partial charge in [0.2, 0.25) is 5.91 Å². The van der Waals surface area contributed by atoms with Crippen molar-refractivity contribution in [2.45, 2.75) is 38.6 Å². The van der Waals surface area contributed by atoms with Crippen molar-refractivity contribution >= 4 is 29.1 Å². The molecule has 31 heavy (non-hydrogen) atoms. The van der Waals surface area contributed by atoms with Gasteiger partial charge in [-0.2, -0.15) is 0 Å². The lowest BCUT2D eigenvalue weighted by atomic mass is 10.0. The summed E-state index contributed by atoms with van der Waals surface area (Å²) in [6, 6.07) is 9.79. The summed E-state index contributed by atoms with van der Waals surface area (Å²) < 4.78 is 0. The normalized spacial score (nSPS) is 16.5. The van der Waals surface area contributed by atoms with Crippen LogP contribution in [0.3, 0.4) is 0 Å². The lowest BCUT2D eigenvalue weighted by Crippen LogP contribution is -2.48. The Morgan fingerprint density at radius 3 is 2.71 bits per heavy atom. The lowest BCUT2D eigenvalue weighted by molar-refractivity contribution is -0.115. The second-order valence-corrected chi connectivity index (χ2v) is 8.04. The van der Waals surface area contributed by atoms with E-state index in [0.29, 0.717) is 17.9 Å². The van der Waals surface area contributed by atoms with E-state index in [1.54, 1.807) is 12.3 Å². The zero-order valence-corrected chi connectivity index (χ0v) is 17.9. The summed E-state index contributed by atoms with van der Waals surface area (Å²) in [4.78, 5) is 33.6. The van der Waals surface area contributed by atoms with Gasteiger partial charge in [-0.15, -0.1) is 6.58 Å². The van der Waals surface area contributed by atoms with Gasteiger partial charge in [-0.25, -0.2) is 9.78 Å². The highest BCUT2D eigenvalue weighted by Gasteiger charge is 2.29. The van der Waals surface area contributed by atoms with Crippen LogP contribution in [0.2, 0.25) is 0 Å². The van der Waals surface area contributed by atoms with Gasteiger partial charge in [0, 0.05) is 25.0 Å². The SMILES string of the molecule is C=CCc1cnc2c(c1)NC(=O)CN2C(=O)NC(CC)c1ccc(N2CCCC2)cc1. The highest BCUT2D eigenvalue weighted by atomic mass is 16.2. The number of nitrogens with one attached hydrogen (secondary N) is 2. The molecule has 2 N–H and O–H groups in total. The standard InChI is InChI=1S/C24H29N5O2/c1-3-7-17-14-21-23(25-15-17)29(16-22(30)26-21)24(31)27-20(4-2)18-8-10-19(11-9-18)28-12-5-6-13-28/h3,8-11,14-15,20H,1,4-7,12-13,16H2,2H3,(H,26,30)(H,27,31). The lowest BCUT2D eigenvalue weighted by Gasteiger charge is -2.30. The van der Waals surface area contributed by atoms with Crippen molar-refractivity contribution < 1.29 is 9.59 Å². The number of urea groups is 1. The van der Waals surface area contributed by atoms with Gasteiger partial charge in [-0.05, 0) is 55.0 Å². The molecule has 162 valence electrons. The van der Waals surface area contributed by atoms with Crippen LogP contribution in [0.5, 0.6) is 0 Å². The number of benzene rings is 1. The van der Waals surface area contributed by atoms with Gasteiger partial charge in [0.1, 0.15) is 6.54 Å². The predicted octanol–water partition coefficient (Wildman–Crippen LogP) is 4.03. The molecule has 0 radical (unpaired) electrons. The Balaban J connectivity index is 1.50. The molecule has 4 rings (SSSR count). The fraction of sp³-hybridized carbons (Fsp3) is 0.375. The summed E-state index contributed by atoms with van der Waals surface area (Å²) in [6.07, 6.45) is 7.36. The molecule has 2 aliphatic rings. The summed E-state index contributed by atoms with van der Waals surface area (Å²) in [5.74, 6) is 0.229. The van der Waals surface area contributed by atoms with Crippen LogP contribution in [-0.2, 0) is 11.2 Å². The third-order valence-corrected chi connectivity index (χ3v) is 5.85. The minimum atomic E-state index is -0.324. The summed E-state index contributed by atoms with van der Waals surface area (Å²) in [7, 11) is 0. The van der Waals surface area contributed by atoms with E-state index in [9.17, 15) is 9.59 Å². The van der Waals surface area contributed by atoms with Crippen LogP contribution >= 0.6 is 0 Å². The highest BCUT2D eigenvalue weighted by molar-refractivity contribution is 6.08. The number of nitrogens with zero attached hydrogens (tertiary/aromatic N) is 3. The molecule has 1 saturated heterocycles. The van der Waals surface area contributed by atoms with Gasteiger partial charge < -0.3 is 15.5 Å². The first-order chi connectivity index (χ1) is 15.1. The Labute approximate surface area is 183 Å². The molecule has 2 aliphatic heterocycles. The van der Waals surface area contributed by atoms with Gasteiger partial charge in [-0.1, -0.05) is 25.1 Å². The summed E-state index contributed by atoms with van der Waals surface area (Å²) in [6.45, 7) is 7.92. The van der Waals surface area contributed by atoms with Crippen molar-refractivity contribution in [1.29, 1.82) is 0 Å². The average Bonchev–Trinajstić information content (AvgIpc) is 3.32. The third kappa shape index (κ3) is 4.55. The number of fused-ring (bicyclic) bond motifs is 1. The number of aromatic nitrogens is 1. The number of pyridine rings is 1. The van der Waals surface area contributed by atoms with E-state index in [1.165, 1.54) is 23.4 Å². The molecule has 2 aromatic rings. The number of rotatable bonds is 6. The number of carbonyl (C=O) groups excluding carboxylic acids is 2. The highest BCUT2D eigenvalue weighted by Crippen LogP contribution is 2.29. The Morgan fingerprint density at radius 2 is 2.03 bits per heavy atom. The predicted molar refractivity (Wildman–Crippen MR) is 124 cm³/mol. The van der Waals surface area contributed by atoms with Crippen molar-refractivity contribution in [3.63, 3.8) is 0 Å². The topological polar surface area (TPSA) is 77.6 Å². The van der Waals surface area contributed by atoms with Gasteiger partial charge in [0.05, 0.1) is 11.7 Å². The van der Waals surface area contributed by atoms with E-state index in [-0.39, 0.29) is 24.5 Å². The molecule has 0 bridgehead atoms. The number of allylic oxidation sites excluding steroid dienone is 1. The molecule has 1 unspecified atom stereocenters. The molecule has 0 spiro atoms. The number of hydrogen-bond acceptors (Lipinski definition) is 4. The Hall–Kier alpha value is -3.35. The van der Waals surface area contributed by atoms with Crippen molar-refractivity contribution in [1.82, 2.24) is 10.3 Å². The third-order valence-electron chi connectivity index (χ3n) is 5.85. The number of amides is 3. The second-order valence-electron chi connectivity index (χ2n) is 8.04. The molecule has 3 amide bonds. The van der Waals surface area contributed by atoms with Crippen LogP contribution in [0, 0.1) is 0 Å². The molecule has 7 heteroatoms. The molecule has 3 heterocycles. The second kappa shape index (κ2) is 9.20. The molecule has 1 fully saturated rings. The summed E-state index contributed by atoms with van der Waals surface area (Å²) in [5.41, 5.74) is 3.76. The maximum Gasteiger partial charge on any atom is 0.324 e. The Morgan fingerprint density at radius 1 is 1.29 bits per heavy atom. The van der Waals surface area contributed by atoms with E-state index in [4.69, 9.17) is 0 Å². The number of hydrogen-bond donors (Lipinski definition) is 2. The van der Waals surface area contributed by atoms with E-state index in [1.807, 2.05) is 13.0 Å². The summed E-state index contributed by atoms with van der Waals surface area (Å²) in [5, 5.41) is 5.89. The van der Waals surface area contributed by atoms with Crippen molar-refractivity contribution in [2.75, 3.05) is 34.8 Å². The molecule has 1 atom stereocenters. The molecule has 1 aromatic carbocycles. The molecule has 0 saturated carbocycles. The minimum absolute atomic E-state index is 0.0586. The molecular weight excluding hydrogens is 390 g/mol. The molecule has 0 aliphatic carbocycles. The van der Waals surface area contributed by atoms with Gasteiger partial charge in [0.25, 0.3) is 0 Å². The van der Waals surface area contributed by atoms with Crippen LogP contribution in [0.4, 0.5) is 22.0 Å². The fourth-order valence-electron chi connectivity index (χ4n) is 4.20. The van der Waals surface area contributed by atoms with Gasteiger partial charge >= 0.3 is 6.03 Å². The molecule has 1 aromatic heterocycles. The quantitative estimate of drug-likeness (QED) is 0.693. The van der Waals surface area contributed by atoms with E-state index in [0.717, 1.165) is 30.6 Å². The first kappa shape index (κ1) is 20.9. The van der Waals surface area contributed by atoms with Gasteiger partial charge in [-0.3, -0.25) is 9.69 Å². The van der Waals surface area contributed by atoms with Crippen LogP contribution in [0.15, 0.2) is 49.2 Å². The average molecular weight is 420 g/mol. The largest absolute Gasteiger partial charge is 0.372 e. The molecular formula is C24H29N5O2.